The van der Waals surface area contributed by atoms with E-state index in [9.17, 15) is 32.0 Å². The monoisotopic (exact) mass is 745 g/mol. The smallest absolute Gasteiger partial charge is 0.444 e. The summed E-state index contributed by atoms with van der Waals surface area (Å²) in [5.74, 6) is -4.67. The van der Waals surface area contributed by atoms with Gasteiger partial charge in [0.25, 0.3) is 0 Å². The molecule has 1 amide bonds. The van der Waals surface area contributed by atoms with Crippen molar-refractivity contribution in [3.63, 3.8) is 0 Å². The molecule has 12 nitrogen and oxygen atoms in total. The van der Waals surface area contributed by atoms with Crippen molar-refractivity contribution in [2.24, 2.45) is 0 Å². The number of carbonyl (C=O) groups is 1. The first-order chi connectivity index (χ1) is 25.2. The third-order valence-corrected chi connectivity index (χ3v) is 8.08. The van der Waals surface area contributed by atoms with Crippen LogP contribution in [0.1, 0.15) is 70.4 Å². The van der Waals surface area contributed by atoms with Crippen molar-refractivity contribution < 1.29 is 45.7 Å². The fourth-order valence-corrected chi connectivity index (χ4v) is 5.75. The second-order valence-electron chi connectivity index (χ2n) is 13.4. The second-order valence-corrected chi connectivity index (χ2v) is 13.4. The first-order valence-corrected chi connectivity index (χ1v) is 17.1. The zero-order valence-corrected chi connectivity index (χ0v) is 29.5. The highest BCUT2D eigenvalue weighted by molar-refractivity contribution is 5.95. The molecule has 0 radical (unpaired) electrons. The number of nitrogens with one attached hydrogen (secondary N) is 1. The summed E-state index contributed by atoms with van der Waals surface area (Å²) >= 11 is 0. The van der Waals surface area contributed by atoms with E-state index >= 15 is 0 Å². The van der Waals surface area contributed by atoms with Crippen molar-refractivity contribution in [3.8, 4) is 22.9 Å². The number of halogens is 5. The van der Waals surface area contributed by atoms with Crippen molar-refractivity contribution in [1.29, 1.82) is 5.26 Å². The molecule has 53 heavy (non-hydrogen) atoms. The first-order valence-electron chi connectivity index (χ1n) is 17.1. The SMILES string of the molecule is CC(C)(C)OC(=O)N(CCCCOCCNc1cc(-c2cnnc(C#N)c2)cc2c1cnn2C1CCCCO1)Cc1cc(F)c(OC(F)(F)F)c(F)c1. The molecule has 0 spiro atoms. The molecular weight excluding hydrogens is 705 g/mol. The van der Waals surface area contributed by atoms with Crippen LogP contribution in [0.25, 0.3) is 22.0 Å². The molecule has 2 aromatic heterocycles. The number of nitrogens with zero attached hydrogens (tertiary/aromatic N) is 6. The summed E-state index contributed by atoms with van der Waals surface area (Å²) in [7, 11) is 0. The molecule has 1 aliphatic rings. The van der Waals surface area contributed by atoms with Crippen LogP contribution in [-0.2, 0) is 20.8 Å². The number of ether oxygens (including phenoxy) is 4. The summed E-state index contributed by atoms with van der Waals surface area (Å²) in [5.41, 5.74) is 2.45. The fourth-order valence-electron chi connectivity index (χ4n) is 5.75. The number of anilines is 1. The Balaban J connectivity index is 1.18. The van der Waals surface area contributed by atoms with Crippen LogP contribution >= 0.6 is 0 Å². The van der Waals surface area contributed by atoms with E-state index in [1.165, 1.54) is 4.90 Å². The molecule has 1 unspecified atom stereocenters. The van der Waals surface area contributed by atoms with E-state index < -0.39 is 35.4 Å². The maximum atomic E-state index is 14.4. The highest BCUT2D eigenvalue weighted by Gasteiger charge is 2.34. The van der Waals surface area contributed by atoms with Crippen LogP contribution in [0.15, 0.2) is 42.7 Å². The molecule has 1 saturated heterocycles. The van der Waals surface area contributed by atoms with Crippen molar-refractivity contribution in [2.75, 3.05) is 38.2 Å². The van der Waals surface area contributed by atoms with Gasteiger partial charge in [0.15, 0.2) is 23.6 Å². The van der Waals surface area contributed by atoms with E-state index in [0.29, 0.717) is 51.3 Å². The molecule has 0 bridgehead atoms. The molecule has 1 atom stereocenters. The average molecular weight is 746 g/mol. The number of carbonyl (C=O) groups excluding carboxylic acids is 1. The van der Waals surface area contributed by atoms with E-state index in [-0.39, 0.29) is 30.6 Å². The van der Waals surface area contributed by atoms with Gasteiger partial charge in [-0.3, -0.25) is 0 Å². The van der Waals surface area contributed by atoms with Crippen molar-refractivity contribution in [2.45, 2.75) is 77.6 Å². The fraction of sp³-hybridized carbons (Fsp3) is 0.472. The number of fused-ring (bicyclic) bond motifs is 1. The van der Waals surface area contributed by atoms with Crippen LogP contribution in [0, 0.1) is 23.0 Å². The molecular formula is C36H40F5N7O5. The van der Waals surface area contributed by atoms with Gasteiger partial charge >= 0.3 is 12.5 Å². The summed E-state index contributed by atoms with van der Waals surface area (Å²) in [6, 6.07) is 9.01. The maximum Gasteiger partial charge on any atom is 0.573 e. The Morgan fingerprint density at radius 3 is 2.51 bits per heavy atom. The van der Waals surface area contributed by atoms with E-state index in [0.717, 1.165) is 47.0 Å². The summed E-state index contributed by atoms with van der Waals surface area (Å²) in [4.78, 5) is 14.2. The number of hydrogen-bond donors (Lipinski definition) is 1. The van der Waals surface area contributed by atoms with E-state index in [4.69, 9.17) is 14.2 Å². The number of unbranched alkanes of at least 4 members (excludes halogenated alkanes) is 1. The topological polar surface area (TPSA) is 137 Å². The summed E-state index contributed by atoms with van der Waals surface area (Å²) < 4.78 is 89.1. The predicted molar refractivity (Wildman–Crippen MR) is 183 cm³/mol. The van der Waals surface area contributed by atoms with E-state index in [2.05, 4.69) is 25.3 Å². The third kappa shape index (κ3) is 11.0. The molecule has 0 aliphatic carbocycles. The van der Waals surface area contributed by atoms with Crippen LogP contribution in [0.2, 0.25) is 0 Å². The zero-order valence-electron chi connectivity index (χ0n) is 29.5. The standard InChI is InChI=1S/C36H40F5N7O5/c1-35(2,3)53-34(49)47(22-23-14-28(37)33(29(38)15-23)52-36(39,40)41)10-5-7-11-50-13-9-43-30-17-24(25-16-26(19-42)46-44-20-25)18-31-27(30)21-45-48(31)32-8-4-6-12-51-32/h14-18,20-21,32,43H,4-13,22H2,1-3H3. The first kappa shape index (κ1) is 39.1. The van der Waals surface area contributed by atoms with E-state index in [1.54, 1.807) is 39.2 Å². The third-order valence-electron chi connectivity index (χ3n) is 8.08. The highest BCUT2D eigenvalue weighted by atomic mass is 19.4. The number of rotatable bonds is 14. The van der Waals surface area contributed by atoms with Gasteiger partial charge in [-0.25, -0.2) is 18.3 Å². The highest BCUT2D eigenvalue weighted by Crippen LogP contribution is 2.34. The van der Waals surface area contributed by atoms with E-state index in [1.807, 2.05) is 22.9 Å². The predicted octanol–water partition coefficient (Wildman–Crippen LogP) is 7.89. The van der Waals surface area contributed by atoms with Gasteiger partial charge in [0.05, 0.1) is 24.5 Å². The average Bonchev–Trinajstić information content (AvgIpc) is 3.54. The van der Waals surface area contributed by atoms with Gasteiger partial charge in [0.2, 0.25) is 5.75 Å². The van der Waals surface area contributed by atoms with Crippen LogP contribution in [0.4, 0.5) is 32.4 Å². The maximum absolute atomic E-state index is 14.4. The van der Waals surface area contributed by atoms with Crippen molar-refractivity contribution in [3.05, 3.63) is 65.6 Å². The molecule has 1 aliphatic heterocycles. The molecule has 0 saturated carbocycles. The minimum absolute atomic E-state index is 0.0802. The van der Waals surface area contributed by atoms with Crippen LogP contribution < -0.4 is 10.1 Å². The Hall–Kier alpha value is -5.08. The normalized spacial score (nSPS) is 14.9. The van der Waals surface area contributed by atoms with Gasteiger partial charge in [-0.1, -0.05) is 0 Å². The lowest BCUT2D eigenvalue weighted by Gasteiger charge is -2.27. The second kappa shape index (κ2) is 17.2. The molecule has 1 fully saturated rings. The quantitative estimate of drug-likeness (QED) is 0.100. The summed E-state index contributed by atoms with van der Waals surface area (Å²) in [6.07, 6.45) is 0.984. The molecule has 4 aromatic rings. The lowest BCUT2D eigenvalue weighted by atomic mass is 10.0. The van der Waals surface area contributed by atoms with Crippen LogP contribution in [0.3, 0.4) is 0 Å². The number of amides is 1. The van der Waals surface area contributed by atoms with Gasteiger partial charge in [0.1, 0.15) is 11.7 Å². The lowest BCUT2D eigenvalue weighted by molar-refractivity contribution is -0.276. The Kier molecular flexibility index (Phi) is 12.7. The van der Waals surface area contributed by atoms with Gasteiger partial charge in [-0.2, -0.15) is 15.5 Å². The minimum Gasteiger partial charge on any atom is -0.444 e. The molecule has 5 rings (SSSR count). The number of benzene rings is 2. The van der Waals surface area contributed by atoms with Gasteiger partial charge in [-0.15, -0.1) is 18.3 Å². The Morgan fingerprint density at radius 1 is 1.06 bits per heavy atom. The van der Waals surface area contributed by atoms with Crippen LogP contribution in [0.5, 0.6) is 5.75 Å². The summed E-state index contributed by atoms with van der Waals surface area (Å²) in [6.45, 7) is 6.56. The van der Waals surface area contributed by atoms with Gasteiger partial charge in [0, 0.05) is 49.5 Å². The number of nitriles is 1. The zero-order chi connectivity index (χ0) is 38.2. The number of hydrogen-bond acceptors (Lipinski definition) is 10. The van der Waals surface area contributed by atoms with Crippen molar-refractivity contribution in [1.82, 2.24) is 24.9 Å². The minimum atomic E-state index is -5.28. The molecule has 17 heteroatoms. The van der Waals surface area contributed by atoms with Gasteiger partial charge < -0.3 is 29.2 Å². The molecule has 284 valence electrons. The lowest BCUT2D eigenvalue weighted by Crippen LogP contribution is -2.37. The number of alkyl halides is 3. The van der Waals surface area contributed by atoms with Crippen LogP contribution in [-0.4, -0.2) is 75.8 Å². The molecule has 2 aromatic carbocycles. The Labute approximate surface area is 302 Å². The van der Waals surface area contributed by atoms with Gasteiger partial charge in [-0.05, 0) is 94.3 Å². The van der Waals surface area contributed by atoms with Crippen molar-refractivity contribution >= 4 is 22.7 Å². The Bertz CT molecular complexity index is 1900. The molecule has 1 N–H and O–H groups in total. The largest absolute Gasteiger partial charge is 0.573 e. The number of aromatic nitrogens is 4. The molecule has 3 heterocycles. The Morgan fingerprint density at radius 2 is 1.83 bits per heavy atom. The summed E-state index contributed by atoms with van der Waals surface area (Å²) in [5, 5.41) is 26.1.